The molecule has 0 spiro atoms. The normalized spacial score (nSPS) is 17.1. The van der Waals surface area contributed by atoms with Crippen molar-refractivity contribution in [2.24, 2.45) is 5.92 Å². The van der Waals surface area contributed by atoms with Crippen LogP contribution >= 0.6 is 11.8 Å². The summed E-state index contributed by atoms with van der Waals surface area (Å²) < 4.78 is 0. The lowest BCUT2D eigenvalue weighted by Gasteiger charge is -2.22. The zero-order chi connectivity index (χ0) is 22.6. The van der Waals surface area contributed by atoms with Crippen LogP contribution in [0.3, 0.4) is 0 Å². The first-order valence-electron chi connectivity index (χ1n) is 11.5. The lowest BCUT2D eigenvalue weighted by Crippen LogP contribution is -2.29. The van der Waals surface area contributed by atoms with Gasteiger partial charge in [0, 0.05) is 49.0 Å². The van der Waals surface area contributed by atoms with Gasteiger partial charge >= 0.3 is 0 Å². The second kappa shape index (κ2) is 9.93. The van der Waals surface area contributed by atoms with Crippen molar-refractivity contribution in [1.29, 1.82) is 0 Å². The Morgan fingerprint density at radius 2 is 1.97 bits per heavy atom. The number of ketones is 1. The number of hydrogen-bond acceptors (Lipinski definition) is 8. The Balaban J connectivity index is 1.35. The van der Waals surface area contributed by atoms with Gasteiger partial charge in [0.15, 0.2) is 5.16 Å². The van der Waals surface area contributed by atoms with Crippen LogP contribution in [0.5, 0.6) is 0 Å². The minimum atomic E-state index is 0.301. The van der Waals surface area contributed by atoms with E-state index >= 15 is 0 Å². The molecule has 172 valence electrons. The topological polar surface area (TPSA) is 90.0 Å². The summed E-state index contributed by atoms with van der Waals surface area (Å²) in [6.07, 6.45) is 5.46. The van der Waals surface area contributed by atoms with E-state index in [1.165, 1.54) is 11.8 Å². The Labute approximate surface area is 198 Å². The van der Waals surface area contributed by atoms with Crippen molar-refractivity contribution >= 4 is 35.0 Å². The van der Waals surface area contributed by atoms with Gasteiger partial charge in [0.2, 0.25) is 0 Å². The van der Waals surface area contributed by atoms with E-state index in [1.807, 2.05) is 24.3 Å². The van der Waals surface area contributed by atoms with E-state index in [2.05, 4.69) is 44.5 Å². The quantitative estimate of drug-likeness (QED) is 0.488. The minimum Gasteiger partial charge on any atom is -0.355 e. The number of carbonyl (C=O) groups is 1. The highest BCUT2D eigenvalue weighted by atomic mass is 32.2. The van der Waals surface area contributed by atoms with Crippen molar-refractivity contribution in [3.8, 4) is 0 Å². The summed E-state index contributed by atoms with van der Waals surface area (Å²) in [6, 6.07) is 12.1. The maximum atomic E-state index is 12.1. The SMILES string of the molecule is CN1CCCN(c2cc(Nc3ccn[nH]3)nc(Sc3ccc(CC(=O)C4CC4)cc3)n2)CC1. The Morgan fingerprint density at radius 1 is 1.12 bits per heavy atom. The van der Waals surface area contributed by atoms with Crippen LogP contribution in [0.2, 0.25) is 0 Å². The van der Waals surface area contributed by atoms with E-state index in [0.717, 1.165) is 73.4 Å². The van der Waals surface area contributed by atoms with E-state index < -0.39 is 0 Å². The van der Waals surface area contributed by atoms with Crippen LogP contribution in [0.4, 0.5) is 17.5 Å². The standard InChI is InChI=1S/C24H29N7OS/c1-30-11-2-12-31(14-13-30)23-16-22(26-21-9-10-25-29-21)27-24(28-23)33-19-7-3-17(4-8-19)15-20(32)18-5-6-18/h3-4,7-10,16,18H,2,5-6,11-15H2,1H3,(H2,25,26,27,28,29). The van der Waals surface area contributed by atoms with E-state index in [-0.39, 0.29) is 0 Å². The van der Waals surface area contributed by atoms with Gasteiger partial charge in [-0.3, -0.25) is 9.89 Å². The zero-order valence-corrected chi connectivity index (χ0v) is 19.6. The highest BCUT2D eigenvalue weighted by Gasteiger charge is 2.29. The Kier molecular flexibility index (Phi) is 6.59. The summed E-state index contributed by atoms with van der Waals surface area (Å²) in [5.74, 6) is 3.11. The Hall–Kier alpha value is -2.91. The molecule has 1 aliphatic heterocycles. The lowest BCUT2D eigenvalue weighted by molar-refractivity contribution is -0.119. The van der Waals surface area contributed by atoms with Crippen molar-refractivity contribution in [2.45, 2.75) is 35.7 Å². The number of nitrogens with one attached hydrogen (secondary N) is 2. The van der Waals surface area contributed by atoms with Crippen LogP contribution in [0, 0.1) is 5.92 Å². The molecule has 1 saturated heterocycles. The molecule has 1 saturated carbocycles. The molecule has 3 aromatic rings. The average molecular weight is 464 g/mol. The number of anilines is 3. The van der Waals surface area contributed by atoms with Crippen molar-refractivity contribution in [3.05, 3.63) is 48.2 Å². The summed E-state index contributed by atoms with van der Waals surface area (Å²) in [6.45, 7) is 4.01. The van der Waals surface area contributed by atoms with Gasteiger partial charge in [-0.15, -0.1) is 0 Å². The number of likely N-dealkylation sites (N-methyl/N-ethyl adjacent to an activating group) is 1. The van der Waals surface area contributed by atoms with Crippen molar-refractivity contribution in [2.75, 3.05) is 43.4 Å². The third-order valence-corrected chi connectivity index (χ3v) is 6.92. The molecule has 1 aliphatic carbocycles. The number of Topliss-reactive ketones (excluding diaryl/α,β-unsaturated/α-hetero) is 1. The van der Waals surface area contributed by atoms with E-state index in [0.29, 0.717) is 23.3 Å². The molecular weight excluding hydrogens is 434 g/mol. The van der Waals surface area contributed by atoms with Gasteiger partial charge in [0.1, 0.15) is 23.2 Å². The van der Waals surface area contributed by atoms with Crippen LogP contribution in [0.1, 0.15) is 24.8 Å². The van der Waals surface area contributed by atoms with E-state index in [1.54, 1.807) is 6.20 Å². The van der Waals surface area contributed by atoms with Crippen LogP contribution in [-0.2, 0) is 11.2 Å². The molecule has 0 radical (unpaired) electrons. The molecular formula is C24H29N7OS. The minimum absolute atomic E-state index is 0.301. The second-order valence-electron chi connectivity index (χ2n) is 8.80. The van der Waals surface area contributed by atoms with Crippen LogP contribution in [0.15, 0.2) is 52.6 Å². The molecule has 2 fully saturated rings. The van der Waals surface area contributed by atoms with Gasteiger partial charge in [-0.05, 0) is 62.3 Å². The first-order valence-corrected chi connectivity index (χ1v) is 12.3. The fourth-order valence-corrected chi connectivity index (χ4v) is 4.72. The molecule has 0 atom stereocenters. The molecule has 2 aromatic heterocycles. The average Bonchev–Trinajstić information content (AvgIpc) is 3.58. The van der Waals surface area contributed by atoms with Crippen LogP contribution in [-0.4, -0.2) is 64.1 Å². The highest BCUT2D eigenvalue weighted by molar-refractivity contribution is 7.99. The number of hydrogen-bond donors (Lipinski definition) is 2. The Bertz CT molecular complexity index is 1080. The van der Waals surface area contributed by atoms with Crippen molar-refractivity contribution < 1.29 is 4.79 Å². The summed E-state index contributed by atoms with van der Waals surface area (Å²) in [5.41, 5.74) is 1.07. The highest BCUT2D eigenvalue weighted by Crippen LogP contribution is 2.32. The predicted molar refractivity (Wildman–Crippen MR) is 130 cm³/mol. The number of rotatable bonds is 8. The van der Waals surface area contributed by atoms with Crippen molar-refractivity contribution in [1.82, 2.24) is 25.1 Å². The molecule has 5 rings (SSSR count). The second-order valence-corrected chi connectivity index (χ2v) is 9.84. The number of aromatic amines is 1. The first kappa shape index (κ1) is 21.9. The maximum absolute atomic E-state index is 12.1. The summed E-state index contributed by atoms with van der Waals surface area (Å²) in [5, 5.41) is 10.9. The predicted octanol–water partition coefficient (Wildman–Crippen LogP) is 3.76. The molecule has 3 heterocycles. The lowest BCUT2D eigenvalue weighted by atomic mass is 10.1. The van der Waals surface area contributed by atoms with E-state index in [9.17, 15) is 4.79 Å². The largest absolute Gasteiger partial charge is 0.355 e. The summed E-state index contributed by atoms with van der Waals surface area (Å²) in [4.78, 5) is 27.5. The number of carbonyl (C=O) groups excluding carboxylic acids is 1. The molecule has 33 heavy (non-hydrogen) atoms. The third-order valence-electron chi connectivity index (χ3n) is 6.04. The molecule has 2 N–H and O–H groups in total. The summed E-state index contributed by atoms with van der Waals surface area (Å²) >= 11 is 1.53. The van der Waals surface area contributed by atoms with E-state index in [4.69, 9.17) is 9.97 Å². The first-order chi connectivity index (χ1) is 16.1. The maximum Gasteiger partial charge on any atom is 0.196 e. The monoisotopic (exact) mass is 463 g/mol. The van der Waals surface area contributed by atoms with Gasteiger partial charge in [0.05, 0.1) is 6.20 Å². The molecule has 1 aromatic carbocycles. The van der Waals surface area contributed by atoms with Gasteiger partial charge in [-0.1, -0.05) is 12.1 Å². The van der Waals surface area contributed by atoms with Gasteiger partial charge in [-0.25, -0.2) is 9.97 Å². The van der Waals surface area contributed by atoms with Crippen LogP contribution < -0.4 is 10.2 Å². The van der Waals surface area contributed by atoms with Gasteiger partial charge in [-0.2, -0.15) is 5.10 Å². The van der Waals surface area contributed by atoms with Gasteiger partial charge < -0.3 is 15.1 Å². The van der Waals surface area contributed by atoms with Crippen LogP contribution in [0.25, 0.3) is 0 Å². The zero-order valence-electron chi connectivity index (χ0n) is 18.8. The molecule has 0 unspecified atom stereocenters. The Morgan fingerprint density at radius 3 is 2.73 bits per heavy atom. The smallest absolute Gasteiger partial charge is 0.196 e. The molecule has 0 amide bonds. The number of benzene rings is 1. The van der Waals surface area contributed by atoms with Gasteiger partial charge in [0.25, 0.3) is 0 Å². The fraction of sp³-hybridized carbons (Fsp3) is 0.417. The number of H-pyrrole nitrogens is 1. The summed E-state index contributed by atoms with van der Waals surface area (Å²) in [7, 11) is 2.16. The third kappa shape index (κ3) is 5.91. The molecule has 9 heteroatoms. The molecule has 8 nitrogen and oxygen atoms in total. The number of aromatic nitrogens is 4. The molecule has 2 aliphatic rings. The fourth-order valence-electron chi connectivity index (χ4n) is 3.96. The van der Waals surface area contributed by atoms with Crippen molar-refractivity contribution in [3.63, 3.8) is 0 Å². The number of nitrogens with zero attached hydrogens (tertiary/aromatic N) is 5. The molecule has 0 bridgehead atoms.